The van der Waals surface area contributed by atoms with Crippen LogP contribution in [0.3, 0.4) is 0 Å². The van der Waals surface area contributed by atoms with Crippen LogP contribution in [0.2, 0.25) is 0 Å². The van der Waals surface area contributed by atoms with Crippen LogP contribution in [0.1, 0.15) is 43.0 Å². The highest BCUT2D eigenvalue weighted by Gasteiger charge is 2.24. The molecule has 0 aromatic carbocycles. The molecule has 1 aromatic heterocycles. The van der Waals surface area contributed by atoms with E-state index in [-0.39, 0.29) is 0 Å². The van der Waals surface area contributed by atoms with Crippen LogP contribution in [-0.2, 0) is 6.54 Å². The zero-order valence-corrected chi connectivity index (χ0v) is 11.6. The van der Waals surface area contributed by atoms with Crippen molar-refractivity contribution < 1.29 is 9.52 Å². The van der Waals surface area contributed by atoms with Crippen LogP contribution < -0.4 is 0 Å². The number of aliphatic hydroxyl groups is 1. The summed E-state index contributed by atoms with van der Waals surface area (Å²) in [6.45, 7) is 5.06. The van der Waals surface area contributed by atoms with Gasteiger partial charge in [0.1, 0.15) is 5.76 Å². The molecule has 1 aliphatic rings. The van der Waals surface area contributed by atoms with E-state index in [4.69, 9.17) is 9.52 Å². The van der Waals surface area contributed by atoms with Gasteiger partial charge in [-0.2, -0.15) is 0 Å². The van der Waals surface area contributed by atoms with Crippen LogP contribution in [0.15, 0.2) is 4.42 Å². The summed E-state index contributed by atoms with van der Waals surface area (Å²) in [7, 11) is 2.14. The standard InChI is InChI=1S/C14H24N2O2/c1-10-11(2)18-14(15-10)8-16(3)13-6-4-12(9-17)5-7-13/h12-13,17H,4-9H2,1-3H3. The average Bonchev–Trinajstić information content (AvgIpc) is 2.68. The van der Waals surface area contributed by atoms with E-state index in [9.17, 15) is 0 Å². The van der Waals surface area contributed by atoms with E-state index in [2.05, 4.69) is 16.9 Å². The van der Waals surface area contributed by atoms with Crippen LogP contribution in [-0.4, -0.2) is 34.7 Å². The third-order valence-corrected chi connectivity index (χ3v) is 4.16. The Balaban J connectivity index is 1.86. The van der Waals surface area contributed by atoms with Crippen molar-refractivity contribution in [3.63, 3.8) is 0 Å². The molecule has 0 radical (unpaired) electrons. The number of oxazole rings is 1. The fraction of sp³-hybridized carbons (Fsp3) is 0.786. The van der Waals surface area contributed by atoms with Crippen molar-refractivity contribution in [1.29, 1.82) is 0 Å². The topological polar surface area (TPSA) is 49.5 Å². The first-order valence-corrected chi connectivity index (χ1v) is 6.84. The molecule has 0 aliphatic heterocycles. The lowest BCUT2D eigenvalue weighted by Gasteiger charge is -2.33. The van der Waals surface area contributed by atoms with Crippen molar-refractivity contribution >= 4 is 0 Å². The minimum Gasteiger partial charge on any atom is -0.444 e. The summed E-state index contributed by atoms with van der Waals surface area (Å²) in [4.78, 5) is 6.76. The Labute approximate surface area is 109 Å². The summed E-state index contributed by atoms with van der Waals surface area (Å²) < 4.78 is 5.63. The van der Waals surface area contributed by atoms with Crippen LogP contribution in [0.4, 0.5) is 0 Å². The second kappa shape index (κ2) is 5.85. The molecule has 1 heterocycles. The van der Waals surface area contributed by atoms with Gasteiger partial charge in [0.15, 0.2) is 0 Å². The molecule has 1 saturated carbocycles. The molecule has 102 valence electrons. The molecule has 0 unspecified atom stereocenters. The summed E-state index contributed by atoms with van der Waals surface area (Å²) in [5.41, 5.74) is 0.988. The Morgan fingerprint density at radius 2 is 1.94 bits per heavy atom. The van der Waals surface area contributed by atoms with Crippen LogP contribution in [0.5, 0.6) is 0 Å². The quantitative estimate of drug-likeness (QED) is 0.893. The van der Waals surface area contributed by atoms with E-state index < -0.39 is 0 Å². The van der Waals surface area contributed by atoms with Gasteiger partial charge in [0.05, 0.1) is 12.2 Å². The van der Waals surface area contributed by atoms with Crippen LogP contribution in [0, 0.1) is 19.8 Å². The summed E-state index contributed by atoms with van der Waals surface area (Å²) in [6, 6.07) is 0.598. The maximum absolute atomic E-state index is 9.15. The van der Waals surface area contributed by atoms with Crippen molar-refractivity contribution in [2.45, 2.75) is 52.1 Å². The molecular weight excluding hydrogens is 228 g/mol. The van der Waals surface area contributed by atoms with Gasteiger partial charge in [-0.15, -0.1) is 0 Å². The lowest BCUT2D eigenvalue weighted by atomic mass is 9.86. The van der Waals surface area contributed by atoms with Crippen LogP contribution in [0.25, 0.3) is 0 Å². The molecule has 4 nitrogen and oxygen atoms in total. The largest absolute Gasteiger partial charge is 0.444 e. The van der Waals surface area contributed by atoms with E-state index in [1.807, 2.05) is 13.8 Å². The fourth-order valence-electron chi connectivity index (χ4n) is 2.72. The monoisotopic (exact) mass is 252 g/mol. The number of rotatable bonds is 4. The zero-order valence-electron chi connectivity index (χ0n) is 11.6. The molecule has 4 heteroatoms. The highest BCUT2D eigenvalue weighted by atomic mass is 16.4. The lowest BCUT2D eigenvalue weighted by molar-refractivity contribution is 0.118. The molecule has 1 aromatic rings. The maximum atomic E-state index is 9.15. The number of aliphatic hydroxyl groups excluding tert-OH is 1. The van der Waals surface area contributed by atoms with E-state index in [1.165, 1.54) is 12.8 Å². The van der Waals surface area contributed by atoms with Gasteiger partial charge in [-0.05, 0) is 52.5 Å². The molecule has 18 heavy (non-hydrogen) atoms. The summed E-state index contributed by atoms with van der Waals surface area (Å²) in [5, 5.41) is 9.15. The average molecular weight is 252 g/mol. The summed E-state index contributed by atoms with van der Waals surface area (Å²) >= 11 is 0. The van der Waals surface area contributed by atoms with E-state index in [0.717, 1.165) is 36.7 Å². The molecule has 1 aliphatic carbocycles. The third-order valence-electron chi connectivity index (χ3n) is 4.16. The first-order chi connectivity index (χ1) is 8.60. The summed E-state index contributed by atoms with van der Waals surface area (Å²) in [5.74, 6) is 2.25. The number of aryl methyl sites for hydroxylation is 2. The Kier molecular flexibility index (Phi) is 4.40. The lowest BCUT2D eigenvalue weighted by Crippen LogP contribution is -2.35. The fourth-order valence-corrected chi connectivity index (χ4v) is 2.72. The van der Waals surface area contributed by atoms with Gasteiger partial charge in [-0.25, -0.2) is 4.98 Å². The van der Waals surface area contributed by atoms with E-state index >= 15 is 0 Å². The van der Waals surface area contributed by atoms with Gasteiger partial charge in [0.25, 0.3) is 0 Å². The van der Waals surface area contributed by atoms with Gasteiger partial charge in [0, 0.05) is 12.6 Å². The Hall–Kier alpha value is -0.870. The van der Waals surface area contributed by atoms with Gasteiger partial charge in [0.2, 0.25) is 5.89 Å². The second-order valence-corrected chi connectivity index (χ2v) is 5.52. The second-order valence-electron chi connectivity index (χ2n) is 5.52. The van der Waals surface area contributed by atoms with Crippen molar-refractivity contribution in [1.82, 2.24) is 9.88 Å². The first kappa shape index (κ1) is 13.6. The normalized spacial score (nSPS) is 24.7. The maximum Gasteiger partial charge on any atom is 0.208 e. The number of aromatic nitrogens is 1. The summed E-state index contributed by atoms with van der Waals surface area (Å²) in [6.07, 6.45) is 4.60. The van der Waals surface area contributed by atoms with Gasteiger partial charge >= 0.3 is 0 Å². The molecule has 2 rings (SSSR count). The molecule has 1 N–H and O–H groups in total. The highest BCUT2D eigenvalue weighted by molar-refractivity contribution is 5.05. The molecule has 1 fully saturated rings. The Bertz CT molecular complexity index is 362. The predicted molar refractivity (Wildman–Crippen MR) is 70.3 cm³/mol. The van der Waals surface area contributed by atoms with Crippen molar-refractivity contribution in [2.75, 3.05) is 13.7 Å². The number of hydrogen-bond donors (Lipinski definition) is 1. The highest BCUT2D eigenvalue weighted by Crippen LogP contribution is 2.27. The third kappa shape index (κ3) is 3.12. The van der Waals surface area contributed by atoms with E-state index in [0.29, 0.717) is 18.6 Å². The Morgan fingerprint density at radius 3 is 2.44 bits per heavy atom. The molecule has 0 spiro atoms. The van der Waals surface area contributed by atoms with Crippen LogP contribution >= 0.6 is 0 Å². The first-order valence-electron chi connectivity index (χ1n) is 6.84. The smallest absolute Gasteiger partial charge is 0.208 e. The van der Waals surface area contributed by atoms with Crippen molar-refractivity contribution in [3.05, 3.63) is 17.3 Å². The SMILES string of the molecule is Cc1nc(CN(C)C2CCC(CO)CC2)oc1C. The minimum absolute atomic E-state index is 0.342. The molecule has 0 saturated heterocycles. The Morgan fingerprint density at radius 1 is 1.28 bits per heavy atom. The van der Waals surface area contributed by atoms with Crippen molar-refractivity contribution in [2.24, 2.45) is 5.92 Å². The molecular formula is C14H24N2O2. The van der Waals surface area contributed by atoms with E-state index in [1.54, 1.807) is 0 Å². The van der Waals surface area contributed by atoms with Gasteiger partial charge in [-0.3, -0.25) is 4.90 Å². The van der Waals surface area contributed by atoms with Gasteiger partial charge in [-0.1, -0.05) is 0 Å². The molecule has 0 atom stereocenters. The zero-order chi connectivity index (χ0) is 13.1. The number of hydrogen-bond acceptors (Lipinski definition) is 4. The minimum atomic E-state index is 0.342. The van der Waals surface area contributed by atoms with Crippen molar-refractivity contribution in [3.8, 4) is 0 Å². The number of nitrogens with zero attached hydrogens (tertiary/aromatic N) is 2. The van der Waals surface area contributed by atoms with Gasteiger partial charge < -0.3 is 9.52 Å². The predicted octanol–water partition coefficient (Wildman–Crippen LogP) is 2.27. The molecule has 0 amide bonds. The molecule has 0 bridgehead atoms.